The highest BCUT2D eigenvalue weighted by Crippen LogP contribution is 2.34. The number of Topliss-reactive ketones (excluding diaryl/α,β-unsaturated/α-hetero) is 1. The van der Waals surface area contributed by atoms with Gasteiger partial charge < -0.3 is 0 Å². The van der Waals surface area contributed by atoms with Gasteiger partial charge in [0.2, 0.25) is 0 Å². The molecule has 1 aliphatic carbocycles. The summed E-state index contributed by atoms with van der Waals surface area (Å²) in [6, 6.07) is 12.0. The minimum Gasteiger partial charge on any atom is -0.294 e. The molecule has 1 saturated carbocycles. The van der Waals surface area contributed by atoms with Gasteiger partial charge >= 0.3 is 0 Å². The van der Waals surface area contributed by atoms with E-state index in [0.717, 1.165) is 44.2 Å². The Morgan fingerprint density at radius 3 is 2.58 bits per heavy atom. The maximum Gasteiger partial charge on any atom is 0.168 e. The van der Waals surface area contributed by atoms with Crippen molar-refractivity contribution in [2.24, 2.45) is 11.8 Å². The van der Waals surface area contributed by atoms with Gasteiger partial charge in [0.05, 0.1) is 10.6 Å². The first-order chi connectivity index (χ1) is 11.5. The van der Waals surface area contributed by atoms with Crippen LogP contribution >= 0.6 is 11.6 Å². The molecule has 1 fully saturated rings. The third-order valence-corrected chi connectivity index (χ3v) is 5.09. The van der Waals surface area contributed by atoms with E-state index in [1.54, 1.807) is 0 Å². The lowest BCUT2D eigenvalue weighted by atomic mass is 9.76. The van der Waals surface area contributed by atoms with Crippen LogP contribution in [0.15, 0.2) is 42.5 Å². The minimum atomic E-state index is -0.752. The quantitative estimate of drug-likeness (QED) is 0.500. The molecule has 0 N–H and O–H groups in total. The predicted molar refractivity (Wildman–Crippen MR) is 91.3 cm³/mol. The highest BCUT2D eigenvalue weighted by Gasteiger charge is 2.30. The summed E-state index contributed by atoms with van der Waals surface area (Å²) in [5.41, 5.74) is 1.07. The Morgan fingerprint density at radius 1 is 1.08 bits per heavy atom. The third kappa shape index (κ3) is 3.84. The fraction of sp³-hybridized carbons (Fsp3) is 0.350. The van der Waals surface area contributed by atoms with E-state index in [-0.39, 0.29) is 22.3 Å². The lowest BCUT2D eigenvalue weighted by molar-refractivity contribution is 0.0858. The number of carbonyl (C=O) groups is 1. The maximum atomic E-state index is 14.0. The summed E-state index contributed by atoms with van der Waals surface area (Å²) in [5, 5.41) is -0.297. The average molecular weight is 349 g/mol. The van der Waals surface area contributed by atoms with Crippen molar-refractivity contribution in [1.82, 2.24) is 0 Å². The van der Waals surface area contributed by atoms with Crippen molar-refractivity contribution >= 4 is 17.4 Å². The number of ketones is 1. The summed E-state index contributed by atoms with van der Waals surface area (Å²) < 4.78 is 27.6. The minimum absolute atomic E-state index is 0.178. The maximum absolute atomic E-state index is 14.0. The van der Waals surface area contributed by atoms with Gasteiger partial charge in [-0.3, -0.25) is 4.79 Å². The molecule has 2 aromatic rings. The molecule has 0 spiro atoms. The van der Waals surface area contributed by atoms with Gasteiger partial charge in [-0.2, -0.15) is 0 Å². The van der Waals surface area contributed by atoms with Crippen LogP contribution in [0.2, 0.25) is 5.02 Å². The van der Waals surface area contributed by atoms with E-state index in [0.29, 0.717) is 5.92 Å². The Balaban J connectivity index is 1.72. The second kappa shape index (κ2) is 7.43. The average Bonchev–Trinajstić information content (AvgIpc) is 2.59. The zero-order valence-electron chi connectivity index (χ0n) is 13.3. The fourth-order valence-corrected chi connectivity index (χ4v) is 3.74. The standard InChI is InChI=1S/C20H19ClF2O/c21-17-12-18(22)16(11-19(17)23)20(24)15-8-4-7-14(10-15)9-13-5-2-1-3-6-13/h1-3,5-6,11-12,14-15H,4,7-10H2. The summed E-state index contributed by atoms with van der Waals surface area (Å²) in [6.07, 6.45) is 4.37. The van der Waals surface area contributed by atoms with Gasteiger partial charge in [0.25, 0.3) is 0 Å². The highest BCUT2D eigenvalue weighted by molar-refractivity contribution is 6.30. The van der Waals surface area contributed by atoms with Crippen molar-refractivity contribution in [3.05, 3.63) is 70.2 Å². The predicted octanol–water partition coefficient (Wildman–Crippen LogP) is 5.85. The molecule has 1 aliphatic rings. The number of hydrogen-bond donors (Lipinski definition) is 0. The number of carbonyl (C=O) groups excluding carboxylic acids is 1. The van der Waals surface area contributed by atoms with Crippen molar-refractivity contribution in [3.8, 4) is 0 Å². The molecular weight excluding hydrogens is 330 g/mol. The molecule has 0 saturated heterocycles. The smallest absolute Gasteiger partial charge is 0.168 e. The van der Waals surface area contributed by atoms with Gasteiger partial charge in [-0.25, -0.2) is 8.78 Å². The van der Waals surface area contributed by atoms with E-state index in [1.165, 1.54) is 5.56 Å². The molecule has 2 aromatic carbocycles. The van der Waals surface area contributed by atoms with Gasteiger partial charge in [-0.1, -0.05) is 54.8 Å². The zero-order chi connectivity index (χ0) is 17.1. The number of benzene rings is 2. The van der Waals surface area contributed by atoms with Crippen molar-refractivity contribution in [2.75, 3.05) is 0 Å². The van der Waals surface area contributed by atoms with E-state index in [1.807, 2.05) is 18.2 Å². The second-order valence-electron chi connectivity index (χ2n) is 6.53. The van der Waals surface area contributed by atoms with Crippen molar-refractivity contribution in [1.29, 1.82) is 0 Å². The van der Waals surface area contributed by atoms with Crippen molar-refractivity contribution in [2.45, 2.75) is 32.1 Å². The molecule has 126 valence electrons. The van der Waals surface area contributed by atoms with Gasteiger partial charge in [0.15, 0.2) is 5.78 Å². The second-order valence-corrected chi connectivity index (χ2v) is 6.94. The van der Waals surface area contributed by atoms with Crippen LogP contribution in [0.5, 0.6) is 0 Å². The first-order valence-corrected chi connectivity index (χ1v) is 8.65. The molecule has 0 radical (unpaired) electrons. The van der Waals surface area contributed by atoms with Crippen LogP contribution in [0.1, 0.15) is 41.6 Å². The van der Waals surface area contributed by atoms with Gasteiger partial charge in [-0.15, -0.1) is 0 Å². The van der Waals surface area contributed by atoms with Crippen LogP contribution in [-0.2, 0) is 6.42 Å². The summed E-state index contributed by atoms with van der Waals surface area (Å²) in [7, 11) is 0. The number of rotatable bonds is 4. The summed E-state index contributed by atoms with van der Waals surface area (Å²) >= 11 is 5.56. The summed E-state index contributed by atoms with van der Waals surface area (Å²) in [6.45, 7) is 0. The van der Waals surface area contributed by atoms with Gasteiger partial charge in [-0.05, 0) is 42.9 Å². The van der Waals surface area contributed by atoms with Crippen LogP contribution in [0, 0.1) is 23.5 Å². The largest absolute Gasteiger partial charge is 0.294 e. The molecule has 2 unspecified atom stereocenters. The Labute approximate surface area is 145 Å². The monoisotopic (exact) mass is 348 g/mol. The topological polar surface area (TPSA) is 17.1 Å². The van der Waals surface area contributed by atoms with Crippen LogP contribution < -0.4 is 0 Å². The summed E-state index contributed by atoms with van der Waals surface area (Å²) in [4.78, 5) is 12.6. The molecule has 0 aromatic heterocycles. The molecule has 3 rings (SSSR count). The van der Waals surface area contributed by atoms with E-state index in [2.05, 4.69) is 12.1 Å². The molecule has 0 heterocycles. The van der Waals surface area contributed by atoms with Crippen molar-refractivity contribution in [3.63, 3.8) is 0 Å². The molecule has 2 atom stereocenters. The normalized spacial score (nSPS) is 20.8. The number of hydrogen-bond acceptors (Lipinski definition) is 1. The Kier molecular flexibility index (Phi) is 5.30. The van der Waals surface area contributed by atoms with Gasteiger partial charge in [0, 0.05) is 5.92 Å². The molecule has 0 bridgehead atoms. The van der Waals surface area contributed by atoms with Crippen molar-refractivity contribution < 1.29 is 13.6 Å². The lowest BCUT2D eigenvalue weighted by Crippen LogP contribution is -2.25. The molecule has 0 aliphatic heterocycles. The van der Waals surface area contributed by atoms with Crippen LogP contribution in [0.4, 0.5) is 8.78 Å². The molecule has 0 amide bonds. The lowest BCUT2D eigenvalue weighted by Gasteiger charge is -2.28. The van der Waals surface area contributed by atoms with E-state index < -0.39 is 11.6 Å². The first kappa shape index (κ1) is 17.1. The Hall–Kier alpha value is -1.74. The van der Waals surface area contributed by atoms with Crippen LogP contribution in [0.3, 0.4) is 0 Å². The van der Waals surface area contributed by atoms with E-state index in [9.17, 15) is 13.6 Å². The van der Waals surface area contributed by atoms with Crippen LogP contribution in [0.25, 0.3) is 0 Å². The van der Waals surface area contributed by atoms with E-state index >= 15 is 0 Å². The fourth-order valence-electron chi connectivity index (χ4n) is 3.59. The van der Waals surface area contributed by atoms with E-state index in [4.69, 9.17) is 11.6 Å². The zero-order valence-corrected chi connectivity index (χ0v) is 14.0. The molecular formula is C20H19ClF2O. The highest BCUT2D eigenvalue weighted by atomic mass is 35.5. The first-order valence-electron chi connectivity index (χ1n) is 8.27. The number of halogens is 3. The third-order valence-electron chi connectivity index (χ3n) is 4.80. The Bertz CT molecular complexity index is 730. The molecule has 4 heteroatoms. The SMILES string of the molecule is O=C(c1cc(F)c(Cl)cc1F)C1CCCC(Cc2ccccc2)C1. The molecule has 24 heavy (non-hydrogen) atoms. The Morgan fingerprint density at radius 2 is 1.83 bits per heavy atom. The summed E-state index contributed by atoms with van der Waals surface area (Å²) in [5.74, 6) is -1.65. The molecule has 1 nitrogen and oxygen atoms in total. The van der Waals surface area contributed by atoms with Crippen LogP contribution in [-0.4, -0.2) is 5.78 Å². The van der Waals surface area contributed by atoms with Gasteiger partial charge in [0.1, 0.15) is 11.6 Å².